The van der Waals surface area contributed by atoms with Gasteiger partial charge in [-0.2, -0.15) is 0 Å². The van der Waals surface area contributed by atoms with Gasteiger partial charge in [-0.15, -0.1) is 0 Å². The van der Waals surface area contributed by atoms with E-state index in [4.69, 9.17) is 38.8 Å². The topological polar surface area (TPSA) is 102 Å². The van der Waals surface area contributed by atoms with Crippen LogP contribution in [-0.2, 0) is 9.53 Å². The Kier molecular flexibility index (Phi) is 6.91. The highest BCUT2D eigenvalue weighted by molar-refractivity contribution is 6.37. The SMILES string of the molecule is COCCCC(N)C(=O)Nc1c(Cl)cc(Cl)cc1C(=O)O. The number of rotatable bonds is 7. The number of nitrogens with one attached hydrogen (secondary N) is 1. The number of anilines is 1. The van der Waals surface area contributed by atoms with Crippen molar-refractivity contribution < 1.29 is 19.4 Å². The molecule has 0 radical (unpaired) electrons. The Balaban J connectivity index is 2.87. The van der Waals surface area contributed by atoms with Crippen LogP contribution in [0, 0.1) is 0 Å². The summed E-state index contributed by atoms with van der Waals surface area (Å²) in [6.07, 6.45) is 1.03. The maximum atomic E-state index is 12.0. The van der Waals surface area contributed by atoms with Gasteiger partial charge in [0.25, 0.3) is 0 Å². The van der Waals surface area contributed by atoms with Crippen molar-refractivity contribution in [3.05, 3.63) is 27.7 Å². The van der Waals surface area contributed by atoms with Crippen molar-refractivity contribution in [2.45, 2.75) is 18.9 Å². The van der Waals surface area contributed by atoms with Crippen LogP contribution in [0.25, 0.3) is 0 Å². The molecular formula is C13H16Cl2N2O4. The smallest absolute Gasteiger partial charge is 0.337 e. The Morgan fingerprint density at radius 3 is 2.67 bits per heavy atom. The lowest BCUT2D eigenvalue weighted by molar-refractivity contribution is -0.117. The van der Waals surface area contributed by atoms with Gasteiger partial charge in [0.15, 0.2) is 0 Å². The van der Waals surface area contributed by atoms with E-state index in [1.165, 1.54) is 12.1 Å². The number of methoxy groups -OCH3 is 1. The van der Waals surface area contributed by atoms with Crippen molar-refractivity contribution in [2.75, 3.05) is 19.0 Å². The lowest BCUT2D eigenvalue weighted by Gasteiger charge is -2.15. The zero-order chi connectivity index (χ0) is 16.0. The number of carboxylic acid groups (broad SMARTS) is 1. The number of halogens is 2. The van der Waals surface area contributed by atoms with Gasteiger partial charge >= 0.3 is 5.97 Å². The molecule has 1 unspecified atom stereocenters. The third kappa shape index (κ3) is 5.17. The molecule has 0 saturated carbocycles. The second-order valence-corrected chi connectivity index (χ2v) is 5.19. The van der Waals surface area contributed by atoms with Crippen molar-refractivity contribution >= 4 is 40.8 Å². The molecule has 0 heterocycles. The average molecular weight is 335 g/mol. The summed E-state index contributed by atoms with van der Waals surface area (Å²) in [5.74, 6) is -1.76. The first-order chi connectivity index (χ1) is 9.86. The highest BCUT2D eigenvalue weighted by Gasteiger charge is 2.20. The van der Waals surface area contributed by atoms with E-state index in [-0.39, 0.29) is 21.3 Å². The lowest BCUT2D eigenvalue weighted by atomic mass is 10.1. The summed E-state index contributed by atoms with van der Waals surface area (Å²) in [6.45, 7) is 0.489. The minimum absolute atomic E-state index is 0.0132. The molecule has 0 aliphatic heterocycles. The van der Waals surface area contributed by atoms with Gasteiger partial charge in [-0.25, -0.2) is 4.79 Å². The fourth-order valence-corrected chi connectivity index (χ4v) is 2.20. The lowest BCUT2D eigenvalue weighted by Crippen LogP contribution is -2.36. The van der Waals surface area contributed by atoms with Crippen LogP contribution in [-0.4, -0.2) is 36.7 Å². The fourth-order valence-electron chi connectivity index (χ4n) is 1.66. The number of carboxylic acids is 1. The maximum Gasteiger partial charge on any atom is 0.337 e. The van der Waals surface area contributed by atoms with Crippen molar-refractivity contribution in [1.82, 2.24) is 0 Å². The third-order valence-corrected chi connectivity index (χ3v) is 3.25. The second kappa shape index (κ2) is 8.19. The molecule has 0 saturated heterocycles. The molecule has 1 aromatic carbocycles. The summed E-state index contributed by atoms with van der Waals surface area (Å²) in [5, 5.41) is 11.8. The Morgan fingerprint density at radius 1 is 1.43 bits per heavy atom. The molecule has 1 atom stereocenters. The molecule has 0 bridgehead atoms. The van der Waals surface area contributed by atoms with Gasteiger partial charge in [-0.05, 0) is 25.0 Å². The molecule has 6 nitrogen and oxygen atoms in total. The zero-order valence-corrected chi connectivity index (χ0v) is 12.9. The number of hydrogen-bond donors (Lipinski definition) is 3. The maximum absolute atomic E-state index is 12.0. The Labute approximate surface area is 132 Å². The molecular weight excluding hydrogens is 319 g/mol. The van der Waals surface area contributed by atoms with Crippen LogP contribution in [0.4, 0.5) is 5.69 Å². The van der Waals surface area contributed by atoms with Crippen LogP contribution in [0.1, 0.15) is 23.2 Å². The highest BCUT2D eigenvalue weighted by atomic mass is 35.5. The number of carbonyl (C=O) groups is 2. The van der Waals surface area contributed by atoms with Crippen LogP contribution < -0.4 is 11.1 Å². The first-order valence-corrected chi connectivity index (χ1v) is 6.90. The second-order valence-electron chi connectivity index (χ2n) is 4.35. The standard InChI is InChI=1S/C13H16Cl2N2O4/c1-21-4-2-3-10(16)12(18)17-11-8(13(19)20)5-7(14)6-9(11)15/h5-6,10H,2-4,16H2,1H3,(H,17,18)(H,19,20). The van der Waals surface area contributed by atoms with E-state index in [0.717, 1.165) is 0 Å². The number of ether oxygens (including phenoxy) is 1. The molecule has 0 spiro atoms. The van der Waals surface area contributed by atoms with Crippen LogP contribution in [0.2, 0.25) is 10.0 Å². The van der Waals surface area contributed by atoms with Gasteiger partial charge in [0.05, 0.1) is 22.3 Å². The van der Waals surface area contributed by atoms with E-state index in [1.807, 2.05) is 0 Å². The molecule has 0 aliphatic carbocycles. The number of amides is 1. The summed E-state index contributed by atoms with van der Waals surface area (Å²) in [6, 6.07) is 1.78. The van der Waals surface area contributed by atoms with Gasteiger partial charge in [0.2, 0.25) is 5.91 Å². The first kappa shape index (κ1) is 17.7. The zero-order valence-electron chi connectivity index (χ0n) is 11.4. The van der Waals surface area contributed by atoms with Crippen LogP contribution in [0.15, 0.2) is 12.1 Å². The quantitative estimate of drug-likeness (QED) is 0.664. The summed E-state index contributed by atoms with van der Waals surface area (Å²) >= 11 is 11.7. The third-order valence-electron chi connectivity index (χ3n) is 2.73. The summed E-state index contributed by atoms with van der Waals surface area (Å²) in [5.41, 5.74) is 5.52. The molecule has 8 heteroatoms. The van der Waals surface area contributed by atoms with Gasteiger partial charge in [0, 0.05) is 18.7 Å². The summed E-state index contributed by atoms with van der Waals surface area (Å²) < 4.78 is 4.87. The Hall–Kier alpha value is -1.34. The van der Waals surface area contributed by atoms with E-state index in [9.17, 15) is 9.59 Å². The van der Waals surface area contributed by atoms with Crippen molar-refractivity contribution in [2.24, 2.45) is 5.73 Å². The van der Waals surface area contributed by atoms with Crippen molar-refractivity contribution in [1.29, 1.82) is 0 Å². The van der Waals surface area contributed by atoms with Crippen LogP contribution >= 0.6 is 23.2 Å². The number of nitrogens with two attached hydrogens (primary N) is 1. The first-order valence-electron chi connectivity index (χ1n) is 6.14. The predicted molar refractivity (Wildman–Crippen MR) is 81.1 cm³/mol. The predicted octanol–water partition coefficient (Wildman–Crippen LogP) is 2.38. The van der Waals surface area contributed by atoms with Gasteiger partial charge in [0.1, 0.15) is 0 Å². The monoisotopic (exact) mass is 334 g/mol. The molecule has 116 valence electrons. The molecule has 1 rings (SSSR count). The largest absolute Gasteiger partial charge is 0.478 e. The Bertz CT molecular complexity index is 537. The Morgan fingerprint density at radius 2 is 2.10 bits per heavy atom. The molecule has 0 aromatic heterocycles. The van der Waals surface area contributed by atoms with Gasteiger partial charge < -0.3 is 20.9 Å². The normalized spacial score (nSPS) is 12.0. The van der Waals surface area contributed by atoms with Crippen LogP contribution in [0.3, 0.4) is 0 Å². The number of aromatic carboxylic acids is 1. The van der Waals surface area contributed by atoms with E-state index >= 15 is 0 Å². The minimum Gasteiger partial charge on any atom is -0.478 e. The van der Waals surface area contributed by atoms with E-state index in [2.05, 4.69) is 5.32 Å². The number of carbonyl (C=O) groups excluding carboxylic acids is 1. The number of benzene rings is 1. The summed E-state index contributed by atoms with van der Waals surface area (Å²) in [4.78, 5) is 23.1. The average Bonchev–Trinajstić information content (AvgIpc) is 2.41. The molecule has 4 N–H and O–H groups in total. The molecule has 1 amide bonds. The van der Waals surface area contributed by atoms with Crippen molar-refractivity contribution in [3.8, 4) is 0 Å². The molecule has 21 heavy (non-hydrogen) atoms. The minimum atomic E-state index is -1.25. The van der Waals surface area contributed by atoms with Gasteiger partial charge in [-0.1, -0.05) is 23.2 Å². The summed E-state index contributed by atoms with van der Waals surface area (Å²) in [7, 11) is 1.55. The van der Waals surface area contributed by atoms with Crippen molar-refractivity contribution in [3.63, 3.8) is 0 Å². The number of hydrogen-bond acceptors (Lipinski definition) is 4. The highest BCUT2D eigenvalue weighted by Crippen LogP contribution is 2.30. The van der Waals surface area contributed by atoms with E-state index in [1.54, 1.807) is 7.11 Å². The molecule has 0 fully saturated rings. The molecule has 0 aliphatic rings. The van der Waals surface area contributed by atoms with E-state index in [0.29, 0.717) is 19.4 Å². The molecule has 1 aromatic rings. The fraction of sp³-hybridized carbons (Fsp3) is 0.385. The van der Waals surface area contributed by atoms with Gasteiger partial charge in [-0.3, -0.25) is 4.79 Å². The van der Waals surface area contributed by atoms with Crippen LogP contribution in [0.5, 0.6) is 0 Å². The van der Waals surface area contributed by atoms with E-state index < -0.39 is 17.9 Å².